The normalized spacial score (nSPS) is 12.1. The lowest BCUT2D eigenvalue weighted by Gasteiger charge is -2.15. The Hall–Kier alpha value is -1.63. The molecule has 0 saturated carbocycles. The Morgan fingerprint density at radius 1 is 1.39 bits per heavy atom. The van der Waals surface area contributed by atoms with Crippen LogP contribution >= 0.6 is 11.3 Å². The molecule has 2 N–H and O–H groups in total. The highest BCUT2D eigenvalue weighted by molar-refractivity contribution is 7.17. The van der Waals surface area contributed by atoms with E-state index in [0.717, 1.165) is 11.3 Å². The average molecular weight is 271 g/mol. The van der Waals surface area contributed by atoms with E-state index in [4.69, 9.17) is 0 Å². The molecule has 0 aliphatic heterocycles. The smallest absolute Gasteiger partial charge is 0.349 e. The first-order chi connectivity index (χ1) is 8.43. The summed E-state index contributed by atoms with van der Waals surface area (Å²) in [7, 11) is 1.31. The minimum atomic E-state index is -0.431. The summed E-state index contributed by atoms with van der Waals surface area (Å²) < 4.78 is 4.58. The fourth-order valence-corrected chi connectivity index (χ4v) is 2.02. The van der Waals surface area contributed by atoms with Gasteiger partial charge in [-0.15, -0.1) is 0 Å². The Morgan fingerprint density at radius 3 is 2.61 bits per heavy atom. The third-order valence-corrected chi connectivity index (χ3v) is 2.97. The average Bonchev–Trinajstić information content (AvgIpc) is 2.75. The van der Waals surface area contributed by atoms with Crippen molar-refractivity contribution in [2.75, 3.05) is 12.4 Å². The van der Waals surface area contributed by atoms with Gasteiger partial charge in [0.1, 0.15) is 10.9 Å². The number of carbonyl (C=O) groups is 2. The summed E-state index contributed by atoms with van der Waals surface area (Å²) in [6.07, 6.45) is 1.42. The van der Waals surface area contributed by atoms with Crippen LogP contribution in [0.5, 0.6) is 0 Å². The maximum atomic E-state index is 11.7. The first-order valence-electron chi connectivity index (χ1n) is 5.55. The Morgan fingerprint density at radius 2 is 2.06 bits per heavy atom. The number of amides is 1. The van der Waals surface area contributed by atoms with Gasteiger partial charge in [0.2, 0.25) is 5.91 Å². The number of aromatic nitrogens is 1. The van der Waals surface area contributed by atoms with E-state index in [-0.39, 0.29) is 11.9 Å². The predicted molar refractivity (Wildman–Crippen MR) is 69.8 cm³/mol. The largest absolute Gasteiger partial charge is 0.465 e. The molecular weight excluding hydrogens is 254 g/mol. The van der Waals surface area contributed by atoms with Crippen molar-refractivity contribution in [3.05, 3.63) is 11.1 Å². The fourth-order valence-electron chi connectivity index (χ4n) is 1.20. The molecule has 0 saturated heterocycles. The molecule has 1 aromatic rings. The van der Waals surface area contributed by atoms with E-state index in [9.17, 15) is 9.59 Å². The number of hydrogen-bond donors (Lipinski definition) is 2. The summed E-state index contributed by atoms with van der Waals surface area (Å²) in [6.45, 7) is 5.52. The molecule has 7 heteroatoms. The number of rotatable bonds is 5. The Bertz CT molecular complexity index is 431. The Balaban J connectivity index is 2.59. The molecule has 18 heavy (non-hydrogen) atoms. The number of anilines is 1. The van der Waals surface area contributed by atoms with E-state index in [1.54, 1.807) is 6.92 Å². The first-order valence-corrected chi connectivity index (χ1v) is 6.36. The third-order valence-electron chi connectivity index (χ3n) is 2.06. The van der Waals surface area contributed by atoms with E-state index < -0.39 is 12.0 Å². The monoisotopic (exact) mass is 271 g/mol. The first kappa shape index (κ1) is 14.4. The van der Waals surface area contributed by atoms with Crippen molar-refractivity contribution in [1.82, 2.24) is 10.3 Å². The molecule has 0 aliphatic carbocycles. The molecule has 1 unspecified atom stereocenters. The number of carbonyl (C=O) groups excluding carboxylic acids is 2. The summed E-state index contributed by atoms with van der Waals surface area (Å²) in [6, 6.07) is -0.326. The van der Waals surface area contributed by atoms with E-state index in [0.29, 0.717) is 10.0 Å². The van der Waals surface area contributed by atoms with Gasteiger partial charge in [0.15, 0.2) is 5.13 Å². The molecule has 1 atom stereocenters. The second-order valence-corrected chi connectivity index (χ2v) is 5.08. The summed E-state index contributed by atoms with van der Waals surface area (Å²) in [5, 5.41) is 6.24. The molecular formula is C11H17N3O3S. The van der Waals surface area contributed by atoms with Gasteiger partial charge in [0.05, 0.1) is 13.3 Å². The molecule has 1 rings (SSSR count). The molecule has 0 aliphatic rings. The van der Waals surface area contributed by atoms with Crippen molar-refractivity contribution >= 4 is 28.3 Å². The molecule has 6 nitrogen and oxygen atoms in total. The highest BCUT2D eigenvalue weighted by atomic mass is 32.1. The van der Waals surface area contributed by atoms with E-state index >= 15 is 0 Å². The van der Waals surface area contributed by atoms with Crippen LogP contribution in [0.2, 0.25) is 0 Å². The third kappa shape index (κ3) is 3.99. The number of nitrogens with zero attached hydrogens (tertiary/aromatic N) is 1. The van der Waals surface area contributed by atoms with Crippen molar-refractivity contribution in [2.24, 2.45) is 0 Å². The van der Waals surface area contributed by atoms with Gasteiger partial charge in [-0.05, 0) is 20.8 Å². The predicted octanol–water partition coefficient (Wildman–Crippen LogP) is 1.25. The van der Waals surface area contributed by atoms with Gasteiger partial charge >= 0.3 is 5.97 Å². The summed E-state index contributed by atoms with van der Waals surface area (Å²) in [5.41, 5.74) is 0. The standard InChI is InChI=1S/C11H17N3O3S/c1-6(2)13-9(15)7(3)14-11-12-5-8(18-11)10(16)17-4/h5-7H,1-4H3,(H,12,14)(H,13,15). The summed E-state index contributed by atoms with van der Waals surface area (Å²) >= 11 is 1.15. The molecule has 1 aromatic heterocycles. The van der Waals surface area contributed by atoms with Gasteiger partial charge in [-0.1, -0.05) is 11.3 Å². The number of thiazole rings is 1. The second kappa shape index (κ2) is 6.34. The molecule has 100 valence electrons. The van der Waals surface area contributed by atoms with Gasteiger partial charge in [0.25, 0.3) is 0 Å². The van der Waals surface area contributed by atoms with Crippen molar-refractivity contribution in [3.63, 3.8) is 0 Å². The van der Waals surface area contributed by atoms with Crippen LogP contribution in [0.4, 0.5) is 5.13 Å². The van der Waals surface area contributed by atoms with Crippen LogP contribution < -0.4 is 10.6 Å². The van der Waals surface area contributed by atoms with Crippen LogP contribution in [0.25, 0.3) is 0 Å². The zero-order valence-corrected chi connectivity index (χ0v) is 11.6. The highest BCUT2D eigenvalue weighted by Gasteiger charge is 2.16. The lowest BCUT2D eigenvalue weighted by molar-refractivity contribution is -0.122. The van der Waals surface area contributed by atoms with Gasteiger partial charge in [-0.3, -0.25) is 4.79 Å². The molecule has 0 spiro atoms. The van der Waals surface area contributed by atoms with E-state index in [2.05, 4.69) is 20.4 Å². The molecule has 1 amide bonds. The van der Waals surface area contributed by atoms with Crippen LogP contribution in [-0.4, -0.2) is 36.1 Å². The Kier molecular flexibility index (Phi) is 5.08. The van der Waals surface area contributed by atoms with Crippen LogP contribution in [-0.2, 0) is 9.53 Å². The maximum absolute atomic E-state index is 11.7. The zero-order valence-electron chi connectivity index (χ0n) is 10.8. The van der Waals surface area contributed by atoms with Gasteiger partial charge < -0.3 is 15.4 Å². The topological polar surface area (TPSA) is 80.3 Å². The highest BCUT2D eigenvalue weighted by Crippen LogP contribution is 2.19. The van der Waals surface area contributed by atoms with Crippen LogP contribution in [0.3, 0.4) is 0 Å². The molecule has 1 heterocycles. The number of ether oxygens (including phenoxy) is 1. The number of esters is 1. The van der Waals surface area contributed by atoms with Crippen LogP contribution in [0.1, 0.15) is 30.4 Å². The number of nitrogens with one attached hydrogen (secondary N) is 2. The maximum Gasteiger partial charge on any atom is 0.349 e. The van der Waals surface area contributed by atoms with Gasteiger partial charge in [-0.25, -0.2) is 9.78 Å². The summed E-state index contributed by atoms with van der Waals surface area (Å²) in [5.74, 6) is -0.542. The Labute approximate surface area is 110 Å². The van der Waals surface area contributed by atoms with Crippen molar-refractivity contribution in [1.29, 1.82) is 0 Å². The number of methoxy groups -OCH3 is 1. The minimum absolute atomic E-state index is 0.0867. The lowest BCUT2D eigenvalue weighted by Crippen LogP contribution is -2.40. The second-order valence-electron chi connectivity index (χ2n) is 4.05. The molecule has 0 fully saturated rings. The van der Waals surface area contributed by atoms with Crippen molar-refractivity contribution < 1.29 is 14.3 Å². The molecule has 0 radical (unpaired) electrons. The SMILES string of the molecule is COC(=O)c1cnc(NC(C)C(=O)NC(C)C)s1. The van der Waals surface area contributed by atoms with Crippen LogP contribution in [0, 0.1) is 0 Å². The fraction of sp³-hybridized carbons (Fsp3) is 0.545. The quantitative estimate of drug-likeness (QED) is 0.788. The number of hydrogen-bond acceptors (Lipinski definition) is 6. The van der Waals surface area contributed by atoms with Crippen LogP contribution in [0.15, 0.2) is 6.20 Å². The van der Waals surface area contributed by atoms with Crippen molar-refractivity contribution in [3.8, 4) is 0 Å². The lowest BCUT2D eigenvalue weighted by atomic mass is 10.3. The van der Waals surface area contributed by atoms with E-state index in [1.165, 1.54) is 13.3 Å². The minimum Gasteiger partial charge on any atom is -0.465 e. The van der Waals surface area contributed by atoms with Gasteiger partial charge in [-0.2, -0.15) is 0 Å². The molecule has 0 aromatic carbocycles. The zero-order chi connectivity index (χ0) is 13.7. The van der Waals surface area contributed by atoms with Gasteiger partial charge in [0, 0.05) is 6.04 Å². The van der Waals surface area contributed by atoms with E-state index in [1.807, 2.05) is 13.8 Å². The van der Waals surface area contributed by atoms with Crippen molar-refractivity contribution in [2.45, 2.75) is 32.9 Å². The molecule has 0 bridgehead atoms. The summed E-state index contributed by atoms with van der Waals surface area (Å²) in [4.78, 5) is 27.3.